The van der Waals surface area contributed by atoms with Gasteiger partial charge in [-0.3, -0.25) is 9.69 Å². The molecule has 0 aliphatic carbocycles. The molecule has 0 aromatic heterocycles. The quantitative estimate of drug-likeness (QED) is 0.772. The van der Waals surface area contributed by atoms with E-state index in [9.17, 15) is 4.79 Å². The van der Waals surface area contributed by atoms with Gasteiger partial charge in [-0.2, -0.15) is 0 Å². The number of carbonyl (C=O) groups excluding carboxylic acids is 1. The molecule has 2 aromatic carbocycles. The highest BCUT2D eigenvalue weighted by Gasteiger charge is 2.18. The molecular weight excluding hydrogens is 258 g/mol. The van der Waals surface area contributed by atoms with Gasteiger partial charge in [0.25, 0.3) is 0 Å². The van der Waals surface area contributed by atoms with Crippen molar-refractivity contribution < 1.29 is 4.79 Å². The molecule has 2 aromatic rings. The number of alkyl halides is 1. The van der Waals surface area contributed by atoms with E-state index in [-0.39, 0.29) is 11.8 Å². The van der Waals surface area contributed by atoms with Crippen LogP contribution in [0.2, 0.25) is 0 Å². The van der Waals surface area contributed by atoms with Crippen molar-refractivity contribution in [3.05, 3.63) is 72.8 Å². The summed E-state index contributed by atoms with van der Waals surface area (Å²) >= 11 is 5.70. The van der Waals surface area contributed by atoms with Crippen molar-refractivity contribution in [1.29, 1.82) is 0 Å². The fraction of sp³-hybridized carbons (Fsp3) is 0.0625. The number of carbonyl (C=O) groups is 1. The molecule has 0 unspecified atom stereocenters. The third kappa shape index (κ3) is 3.04. The molecule has 96 valence electrons. The van der Waals surface area contributed by atoms with Gasteiger partial charge in [0.15, 0.2) is 0 Å². The summed E-state index contributed by atoms with van der Waals surface area (Å²) in [5.41, 5.74) is 2.28. The second-order valence-electron chi connectivity index (χ2n) is 4.01. The largest absolute Gasteiger partial charge is 0.280 e. The highest BCUT2D eigenvalue weighted by atomic mass is 35.5. The standard InChI is InChI=1S/C16H14ClNO/c1-13(14-8-4-2-5-9-14)18(16(19)12-17)15-10-6-3-7-11-15/h2-11H,1,12H2. The number of nitrogens with zero attached hydrogens (tertiary/aromatic N) is 1. The van der Waals surface area contributed by atoms with E-state index in [0.717, 1.165) is 11.3 Å². The van der Waals surface area contributed by atoms with Gasteiger partial charge in [-0.15, -0.1) is 11.6 Å². The molecular formula is C16H14ClNO. The smallest absolute Gasteiger partial charge is 0.246 e. The topological polar surface area (TPSA) is 20.3 Å². The number of amides is 1. The Morgan fingerprint density at radius 1 is 1.00 bits per heavy atom. The van der Waals surface area contributed by atoms with Crippen LogP contribution in [0.3, 0.4) is 0 Å². The van der Waals surface area contributed by atoms with E-state index >= 15 is 0 Å². The predicted octanol–water partition coefficient (Wildman–Crippen LogP) is 3.93. The molecule has 0 heterocycles. The zero-order valence-corrected chi connectivity index (χ0v) is 11.2. The van der Waals surface area contributed by atoms with Crippen LogP contribution in [0.5, 0.6) is 0 Å². The van der Waals surface area contributed by atoms with Crippen LogP contribution in [0.25, 0.3) is 5.70 Å². The summed E-state index contributed by atoms with van der Waals surface area (Å²) in [6.45, 7) is 4.02. The summed E-state index contributed by atoms with van der Waals surface area (Å²) in [7, 11) is 0. The summed E-state index contributed by atoms with van der Waals surface area (Å²) in [6, 6.07) is 19.0. The average Bonchev–Trinajstić information content (AvgIpc) is 2.49. The summed E-state index contributed by atoms with van der Waals surface area (Å²) in [4.78, 5) is 13.6. The highest BCUT2D eigenvalue weighted by molar-refractivity contribution is 6.31. The van der Waals surface area contributed by atoms with Crippen LogP contribution in [0.1, 0.15) is 5.56 Å². The minimum atomic E-state index is -0.193. The van der Waals surface area contributed by atoms with Crippen LogP contribution in [0.15, 0.2) is 67.2 Å². The normalized spacial score (nSPS) is 9.95. The average molecular weight is 272 g/mol. The van der Waals surface area contributed by atoms with Gasteiger partial charge in [0.1, 0.15) is 5.88 Å². The van der Waals surface area contributed by atoms with Crippen LogP contribution < -0.4 is 4.90 Å². The van der Waals surface area contributed by atoms with Crippen molar-refractivity contribution in [2.24, 2.45) is 0 Å². The first kappa shape index (κ1) is 13.4. The molecule has 0 atom stereocenters. The lowest BCUT2D eigenvalue weighted by molar-refractivity contribution is -0.115. The summed E-state index contributed by atoms with van der Waals surface area (Å²) in [5, 5.41) is 0. The van der Waals surface area contributed by atoms with E-state index in [4.69, 9.17) is 11.6 Å². The van der Waals surface area contributed by atoms with Crippen molar-refractivity contribution in [3.8, 4) is 0 Å². The number of anilines is 1. The molecule has 0 bridgehead atoms. The molecule has 2 nitrogen and oxygen atoms in total. The third-order valence-corrected chi connectivity index (χ3v) is 2.98. The van der Waals surface area contributed by atoms with Gasteiger partial charge in [-0.25, -0.2) is 0 Å². The molecule has 19 heavy (non-hydrogen) atoms. The summed E-state index contributed by atoms with van der Waals surface area (Å²) in [5.74, 6) is -0.275. The first-order valence-electron chi connectivity index (χ1n) is 5.92. The van der Waals surface area contributed by atoms with Gasteiger partial charge in [0.2, 0.25) is 5.91 Å². The SMILES string of the molecule is C=C(c1ccccc1)N(C(=O)CCl)c1ccccc1. The zero-order chi connectivity index (χ0) is 13.7. The van der Waals surface area contributed by atoms with E-state index in [1.165, 1.54) is 0 Å². The Labute approximate surface area is 117 Å². The van der Waals surface area contributed by atoms with Gasteiger partial charge in [0.05, 0.1) is 0 Å². The van der Waals surface area contributed by atoms with Crippen LogP contribution in [0, 0.1) is 0 Å². The summed E-state index contributed by atoms with van der Waals surface area (Å²) < 4.78 is 0. The van der Waals surface area contributed by atoms with Gasteiger partial charge < -0.3 is 0 Å². The van der Waals surface area contributed by atoms with Crippen molar-refractivity contribution in [2.45, 2.75) is 0 Å². The monoisotopic (exact) mass is 271 g/mol. The van der Waals surface area contributed by atoms with E-state index in [0.29, 0.717) is 5.70 Å². The van der Waals surface area contributed by atoms with Crippen molar-refractivity contribution in [1.82, 2.24) is 0 Å². The number of halogens is 1. The first-order valence-corrected chi connectivity index (χ1v) is 6.46. The second kappa shape index (κ2) is 6.21. The zero-order valence-electron chi connectivity index (χ0n) is 10.4. The number of hydrogen-bond acceptors (Lipinski definition) is 1. The maximum absolute atomic E-state index is 12.1. The highest BCUT2D eigenvalue weighted by Crippen LogP contribution is 2.25. The molecule has 1 amide bonds. The van der Waals surface area contributed by atoms with E-state index < -0.39 is 0 Å². The van der Waals surface area contributed by atoms with Crippen molar-refractivity contribution in [3.63, 3.8) is 0 Å². The fourth-order valence-electron chi connectivity index (χ4n) is 1.85. The molecule has 2 rings (SSSR count). The molecule has 0 aliphatic rings. The Balaban J connectivity index is 2.40. The fourth-order valence-corrected chi connectivity index (χ4v) is 1.97. The summed E-state index contributed by atoms with van der Waals surface area (Å²) in [6.07, 6.45) is 0. The minimum Gasteiger partial charge on any atom is -0.280 e. The van der Waals surface area contributed by atoms with Gasteiger partial charge in [0, 0.05) is 11.4 Å². The molecule has 0 fully saturated rings. The predicted molar refractivity (Wildman–Crippen MR) is 80.1 cm³/mol. The molecule has 0 spiro atoms. The van der Waals surface area contributed by atoms with Gasteiger partial charge in [-0.05, 0) is 17.7 Å². The lowest BCUT2D eigenvalue weighted by Crippen LogP contribution is -2.29. The number of para-hydroxylation sites is 1. The minimum absolute atomic E-state index is 0.0826. The lowest BCUT2D eigenvalue weighted by atomic mass is 10.1. The molecule has 0 N–H and O–H groups in total. The van der Waals surface area contributed by atoms with Gasteiger partial charge >= 0.3 is 0 Å². The lowest BCUT2D eigenvalue weighted by Gasteiger charge is -2.24. The Kier molecular flexibility index (Phi) is 4.37. The van der Waals surface area contributed by atoms with Crippen molar-refractivity contribution >= 4 is 28.9 Å². The Hall–Kier alpha value is -2.06. The number of rotatable bonds is 4. The van der Waals surface area contributed by atoms with Crippen LogP contribution in [-0.4, -0.2) is 11.8 Å². The van der Waals surface area contributed by atoms with Crippen LogP contribution in [-0.2, 0) is 4.79 Å². The second-order valence-corrected chi connectivity index (χ2v) is 4.28. The van der Waals surface area contributed by atoms with Crippen molar-refractivity contribution in [2.75, 3.05) is 10.8 Å². The molecule has 0 saturated heterocycles. The van der Waals surface area contributed by atoms with E-state index in [1.807, 2.05) is 60.7 Å². The Bertz CT molecular complexity index is 566. The molecule has 3 heteroatoms. The van der Waals surface area contributed by atoms with E-state index in [2.05, 4.69) is 6.58 Å². The molecule has 0 saturated carbocycles. The maximum atomic E-state index is 12.1. The van der Waals surface area contributed by atoms with Gasteiger partial charge in [-0.1, -0.05) is 55.1 Å². The third-order valence-electron chi connectivity index (χ3n) is 2.76. The Morgan fingerprint density at radius 2 is 1.53 bits per heavy atom. The number of hydrogen-bond donors (Lipinski definition) is 0. The molecule has 0 aliphatic heterocycles. The molecule has 0 radical (unpaired) electrons. The number of benzene rings is 2. The van der Waals surface area contributed by atoms with E-state index in [1.54, 1.807) is 4.90 Å². The van der Waals surface area contributed by atoms with Crippen LogP contribution in [0.4, 0.5) is 5.69 Å². The van der Waals surface area contributed by atoms with Crippen LogP contribution >= 0.6 is 11.6 Å². The first-order chi connectivity index (χ1) is 9.24. The maximum Gasteiger partial charge on any atom is 0.246 e. The Morgan fingerprint density at radius 3 is 2.05 bits per heavy atom.